The molecule has 0 fully saturated rings. The van der Waals surface area contributed by atoms with Gasteiger partial charge in [0.1, 0.15) is 0 Å². The molecule has 0 spiro atoms. The Morgan fingerprint density at radius 3 is 2.56 bits per heavy atom. The van der Waals surface area contributed by atoms with E-state index in [1.165, 1.54) is 0 Å². The maximum atomic E-state index is 4.04. The Morgan fingerprint density at radius 2 is 2.33 bits per heavy atom. The average molecular weight is 371 g/mol. The van der Waals surface area contributed by atoms with Crippen LogP contribution in [0.1, 0.15) is 12.7 Å². The standard InChI is InChI=1S/C6H9N2.Lr/c1-3-6-7-4-5-8(6)2;/h3-5H,1-2H3;/q-1;. The molecule has 0 amide bonds. The zero-order chi connectivity index (χ0) is 5.98. The molecule has 0 saturated heterocycles. The summed E-state index contributed by atoms with van der Waals surface area (Å²) in [5, 5.41) is 0. The van der Waals surface area contributed by atoms with Crippen LogP contribution in [-0.4, -0.2) is 9.55 Å². The number of nitrogens with zero attached hydrogens (tertiary/aromatic N) is 2. The molecule has 0 atom stereocenters. The number of rotatable bonds is 1. The van der Waals surface area contributed by atoms with Crippen molar-refractivity contribution < 1.29 is 0 Å². The molecule has 1 aromatic heterocycles. The smallest absolute Gasteiger partial charge is 0.0419 e. The Labute approximate surface area is 49.2 Å². The van der Waals surface area contributed by atoms with Crippen LogP contribution in [0.25, 0.3) is 0 Å². The van der Waals surface area contributed by atoms with E-state index in [0.29, 0.717) is 0 Å². The second-order valence-corrected chi connectivity index (χ2v) is 1.69. The van der Waals surface area contributed by atoms with E-state index in [1.54, 1.807) is 6.20 Å². The van der Waals surface area contributed by atoms with Crippen LogP contribution in [0.3, 0.4) is 0 Å². The van der Waals surface area contributed by atoms with E-state index in [0.717, 1.165) is 5.82 Å². The van der Waals surface area contributed by atoms with Crippen LogP contribution in [0.2, 0.25) is 0 Å². The van der Waals surface area contributed by atoms with Gasteiger partial charge in [-0.2, -0.15) is 6.92 Å². The second kappa shape index (κ2) is 2.40. The predicted octanol–water partition coefficient (Wildman–Crippen LogP) is 0.992. The summed E-state index contributed by atoms with van der Waals surface area (Å²) in [6.45, 7) is 1.97. The molecule has 1 aromatic rings. The van der Waals surface area contributed by atoms with E-state index >= 15 is 0 Å². The third kappa shape index (κ3) is 0.996. The molecular weight excluding hydrogens is 362 g/mol. The maximum Gasteiger partial charge on any atom is 0.0419 e. The SMILES string of the molecule is C[CH-]c1nccn1C.[Lr]. The number of imidazole rings is 1. The molecular formula is C6H9LrN2-. The van der Waals surface area contributed by atoms with Crippen molar-refractivity contribution in [1.29, 1.82) is 0 Å². The van der Waals surface area contributed by atoms with Crippen molar-refractivity contribution in [2.75, 3.05) is 0 Å². The van der Waals surface area contributed by atoms with E-state index in [4.69, 9.17) is 0 Å². The number of aryl methyl sites for hydroxylation is 1. The maximum absolute atomic E-state index is 4.04. The predicted molar refractivity (Wildman–Crippen MR) is 32.3 cm³/mol. The zero-order valence-corrected chi connectivity index (χ0v) is 7.53. The summed E-state index contributed by atoms with van der Waals surface area (Å²) in [6, 6.07) is 0. The monoisotopic (exact) mass is 371 g/mol. The van der Waals surface area contributed by atoms with Gasteiger partial charge in [-0.05, 0) is 5.82 Å². The third-order valence-corrected chi connectivity index (χ3v) is 1.12. The molecule has 3 heteroatoms. The van der Waals surface area contributed by atoms with Gasteiger partial charge in [-0.1, -0.05) is 0 Å². The summed E-state index contributed by atoms with van der Waals surface area (Å²) in [5.41, 5.74) is 0. The van der Waals surface area contributed by atoms with Gasteiger partial charge in [0, 0.05) is 19.4 Å². The molecule has 0 aliphatic rings. The van der Waals surface area contributed by atoms with Gasteiger partial charge in [0.15, 0.2) is 0 Å². The molecule has 1 rings (SSSR count). The number of aromatic nitrogens is 2. The Kier molecular flexibility index (Phi) is 1.89. The van der Waals surface area contributed by atoms with E-state index in [9.17, 15) is 0 Å². The molecule has 0 aromatic carbocycles. The molecule has 9 heavy (non-hydrogen) atoms. The largest absolute Gasteiger partial charge is 0.364 e. The van der Waals surface area contributed by atoms with Crippen molar-refractivity contribution in [2.24, 2.45) is 7.05 Å². The van der Waals surface area contributed by atoms with E-state index in [2.05, 4.69) is 4.98 Å². The Bertz CT molecular complexity index is 171. The second-order valence-electron chi connectivity index (χ2n) is 1.69. The fourth-order valence-corrected chi connectivity index (χ4v) is 0.655. The average Bonchev–Trinajstić information content (AvgIpc) is 2.14. The molecule has 0 saturated carbocycles. The molecule has 0 aliphatic carbocycles. The minimum atomic E-state index is 0. The summed E-state index contributed by atoms with van der Waals surface area (Å²) < 4.78 is 1.97. The minimum absolute atomic E-state index is 0. The summed E-state index contributed by atoms with van der Waals surface area (Å²) in [7, 11) is 1.97. The summed E-state index contributed by atoms with van der Waals surface area (Å²) >= 11 is 0. The molecule has 1 heterocycles. The van der Waals surface area contributed by atoms with Crippen molar-refractivity contribution in [3.63, 3.8) is 0 Å². The fraction of sp³-hybridized carbons (Fsp3) is 0.333. The van der Waals surface area contributed by atoms with Crippen LogP contribution >= 0.6 is 0 Å². The van der Waals surface area contributed by atoms with Gasteiger partial charge in [0.25, 0.3) is 0 Å². The van der Waals surface area contributed by atoms with Gasteiger partial charge < -0.3 is 11.0 Å². The molecule has 0 bridgehead atoms. The van der Waals surface area contributed by atoms with Crippen molar-refractivity contribution in [3.8, 4) is 0 Å². The first-order chi connectivity index (χ1) is 3.84. The van der Waals surface area contributed by atoms with E-state index in [1.807, 2.05) is 31.2 Å². The molecule has 1 radical (unpaired) electrons. The Morgan fingerprint density at radius 1 is 1.67 bits per heavy atom. The van der Waals surface area contributed by atoms with Crippen LogP contribution in [0.15, 0.2) is 12.4 Å². The van der Waals surface area contributed by atoms with Crippen molar-refractivity contribution in [1.82, 2.24) is 9.55 Å². The van der Waals surface area contributed by atoms with Gasteiger partial charge in [-0.3, -0.25) is 4.98 Å². The van der Waals surface area contributed by atoms with Gasteiger partial charge in [-0.15, -0.1) is 0 Å². The molecule has 0 unspecified atom stereocenters. The molecule has 0 aliphatic heterocycles. The number of hydrogen-bond acceptors (Lipinski definition) is 1. The Balaban J connectivity index is 0.000000640. The minimum Gasteiger partial charge on any atom is -0.364 e. The van der Waals surface area contributed by atoms with Crippen LogP contribution in [-0.2, 0) is 7.05 Å². The van der Waals surface area contributed by atoms with Crippen LogP contribution < -0.4 is 0 Å². The topological polar surface area (TPSA) is 17.8 Å². The van der Waals surface area contributed by atoms with Crippen molar-refractivity contribution in [2.45, 2.75) is 6.92 Å². The molecule has 59 valence electrons. The van der Waals surface area contributed by atoms with Crippen molar-refractivity contribution in [3.05, 3.63) is 24.6 Å². The first kappa shape index (κ1) is 7.08. The van der Waals surface area contributed by atoms with Gasteiger partial charge in [0.2, 0.25) is 0 Å². The zero-order valence-electron chi connectivity index (χ0n) is 5.38. The van der Waals surface area contributed by atoms with Gasteiger partial charge in [-0.25, -0.2) is 0 Å². The summed E-state index contributed by atoms with van der Waals surface area (Å²) in [5.74, 6) is 1.02. The van der Waals surface area contributed by atoms with Crippen LogP contribution in [0.4, 0.5) is 0 Å². The van der Waals surface area contributed by atoms with Crippen molar-refractivity contribution >= 4 is 0 Å². The van der Waals surface area contributed by atoms with Crippen LogP contribution in [0, 0.1) is 6.42 Å². The van der Waals surface area contributed by atoms with E-state index < -0.39 is 0 Å². The normalized spacial score (nSPS) is 8.22. The van der Waals surface area contributed by atoms with Gasteiger partial charge in [0.05, 0.1) is 0 Å². The van der Waals surface area contributed by atoms with E-state index in [-0.39, 0.29) is 0 Å². The fourth-order valence-electron chi connectivity index (χ4n) is 0.655. The number of hydrogen-bond donors (Lipinski definition) is 0. The molecule has 0 N–H and O–H groups in total. The Hall–Kier alpha value is -1.92. The van der Waals surface area contributed by atoms with Crippen LogP contribution in [0.5, 0.6) is 0 Å². The first-order valence-corrected chi connectivity index (χ1v) is 2.61. The molecule has 2 nitrogen and oxygen atoms in total. The third-order valence-electron chi connectivity index (χ3n) is 1.12. The van der Waals surface area contributed by atoms with Gasteiger partial charge >= 0.3 is 0 Å². The first-order valence-electron chi connectivity index (χ1n) is 2.61. The quantitative estimate of drug-likeness (QED) is 0.674. The summed E-state index contributed by atoms with van der Waals surface area (Å²) in [4.78, 5) is 4.04. The summed E-state index contributed by atoms with van der Waals surface area (Å²) in [6.07, 6.45) is 5.69.